The van der Waals surface area contributed by atoms with Gasteiger partial charge in [0.05, 0.1) is 12.2 Å². The smallest absolute Gasteiger partial charge is 0.306 e. The van der Waals surface area contributed by atoms with Crippen LogP contribution in [0.25, 0.3) is 0 Å². The monoisotopic (exact) mass is 646 g/mol. The number of carboxylic acid groups (broad SMARTS) is 1. The fourth-order valence-corrected chi connectivity index (χ4v) is 9.20. The lowest BCUT2D eigenvalue weighted by Crippen LogP contribution is -2.66. The Morgan fingerprint density at radius 2 is 1.46 bits per heavy atom. The van der Waals surface area contributed by atoms with Crippen LogP contribution in [0.3, 0.4) is 0 Å². The third-order valence-electron chi connectivity index (χ3n) is 11.6. The molecule has 0 radical (unpaired) electrons. The van der Waals surface area contributed by atoms with Crippen LogP contribution in [0.15, 0.2) is 23.3 Å². The summed E-state index contributed by atoms with van der Waals surface area (Å²) in [6, 6.07) is 0. The Bertz CT molecular complexity index is 1250. The molecule has 46 heavy (non-hydrogen) atoms. The van der Waals surface area contributed by atoms with Gasteiger partial charge in [-0.15, -0.1) is 0 Å². The van der Waals surface area contributed by atoms with Crippen molar-refractivity contribution < 1.29 is 49.1 Å². The predicted octanol–water partition coefficient (Wildman–Crippen LogP) is 4.82. The van der Waals surface area contributed by atoms with Gasteiger partial charge in [-0.25, -0.2) is 0 Å². The molecule has 10 nitrogen and oxygen atoms in total. The zero-order valence-corrected chi connectivity index (χ0v) is 28.2. The second kappa shape index (κ2) is 13.9. The van der Waals surface area contributed by atoms with Crippen molar-refractivity contribution in [1.82, 2.24) is 0 Å². The molecule has 0 aliphatic heterocycles. The highest BCUT2D eigenvalue weighted by molar-refractivity contribution is 6.04. The first-order valence-corrected chi connectivity index (χ1v) is 17.2. The van der Waals surface area contributed by atoms with E-state index in [9.17, 15) is 34.5 Å². The van der Waals surface area contributed by atoms with Gasteiger partial charge in [-0.2, -0.15) is 0 Å². The lowest BCUT2D eigenvalue weighted by Gasteiger charge is -2.53. The van der Waals surface area contributed by atoms with Crippen LogP contribution in [-0.2, 0) is 28.7 Å². The quantitative estimate of drug-likeness (QED) is 0.104. The summed E-state index contributed by atoms with van der Waals surface area (Å²) in [6.45, 7) is 8.06. The van der Waals surface area contributed by atoms with Crippen molar-refractivity contribution in [3.63, 3.8) is 0 Å². The number of carboxylic acids is 1. The molecule has 0 saturated heterocycles. The van der Waals surface area contributed by atoms with Crippen LogP contribution in [0, 0.1) is 29.1 Å². The standard InChI is InChI=1S/C36H54O10/c1-22-18-27-34(43,31(22)42)20-25(21-37)19-26-30-33(4,5)36(30,32(45-24(3)38)23(2)35(26,27)44)46-29(41)17-15-13-11-9-7-6-8-10-12-14-16-28(39)40/h18-19,23,26-27,30,32,37,43-44H,6-17,20-21H2,1-5H3,(H,39,40)/t23-,26+,27-,30-,32-,34-,35-,36-/m1/s1. The summed E-state index contributed by atoms with van der Waals surface area (Å²) >= 11 is 0. The van der Waals surface area contributed by atoms with Crippen LogP contribution in [0.5, 0.6) is 0 Å². The topological polar surface area (TPSA) is 168 Å². The van der Waals surface area contributed by atoms with Gasteiger partial charge in [-0.3, -0.25) is 19.2 Å². The maximum atomic E-state index is 13.4. The Kier molecular flexibility index (Phi) is 11.0. The molecule has 4 N–H and O–H groups in total. The van der Waals surface area contributed by atoms with Gasteiger partial charge in [0.15, 0.2) is 11.4 Å². The fraction of sp³-hybridized carbons (Fsp3) is 0.778. The molecule has 0 aromatic heterocycles. The van der Waals surface area contributed by atoms with Crippen LogP contribution in [-0.4, -0.2) is 73.6 Å². The summed E-state index contributed by atoms with van der Waals surface area (Å²) in [5.41, 5.74) is -4.86. The number of hydrogen-bond acceptors (Lipinski definition) is 9. The molecule has 2 saturated carbocycles. The lowest BCUT2D eigenvalue weighted by atomic mass is 9.59. The molecule has 8 atom stereocenters. The maximum absolute atomic E-state index is 13.4. The fourth-order valence-electron chi connectivity index (χ4n) is 9.20. The molecular formula is C36H54O10. The zero-order chi connectivity index (χ0) is 34.1. The lowest BCUT2D eigenvalue weighted by molar-refractivity contribution is -0.228. The average Bonchev–Trinajstić information content (AvgIpc) is 3.41. The summed E-state index contributed by atoms with van der Waals surface area (Å²) in [6.07, 6.45) is 12.3. The largest absolute Gasteiger partial charge is 0.481 e. The molecular weight excluding hydrogens is 592 g/mol. The van der Waals surface area contributed by atoms with Crippen molar-refractivity contribution in [3.05, 3.63) is 23.3 Å². The first-order chi connectivity index (χ1) is 21.6. The van der Waals surface area contributed by atoms with E-state index in [2.05, 4.69) is 0 Å². The molecule has 0 spiro atoms. The summed E-state index contributed by atoms with van der Waals surface area (Å²) < 4.78 is 12.2. The predicted molar refractivity (Wildman–Crippen MR) is 169 cm³/mol. The number of aliphatic carboxylic acids is 1. The first kappa shape index (κ1) is 36.3. The Balaban J connectivity index is 1.43. The number of unbranched alkanes of at least 4 members (excludes halogenated alkanes) is 9. The Labute approximate surface area is 272 Å². The highest BCUT2D eigenvalue weighted by Crippen LogP contribution is 2.77. The summed E-state index contributed by atoms with van der Waals surface area (Å²) in [5, 5.41) is 43.4. The van der Waals surface area contributed by atoms with E-state index < -0.39 is 82.3 Å². The Hall–Kier alpha value is -2.56. The van der Waals surface area contributed by atoms with Crippen molar-refractivity contribution in [1.29, 1.82) is 0 Å². The number of Topliss-reactive ketones (excluding diaryl/α,β-unsaturated/α-hetero) is 1. The number of hydrogen-bond donors (Lipinski definition) is 4. The van der Waals surface area contributed by atoms with Crippen LogP contribution < -0.4 is 0 Å². The first-order valence-electron chi connectivity index (χ1n) is 17.2. The number of ketones is 1. The molecule has 4 aliphatic carbocycles. The van der Waals surface area contributed by atoms with E-state index in [0.29, 0.717) is 17.6 Å². The molecule has 0 bridgehead atoms. The number of carbonyl (C=O) groups excluding carboxylic acids is 3. The van der Waals surface area contributed by atoms with E-state index in [1.165, 1.54) is 6.92 Å². The van der Waals surface area contributed by atoms with E-state index in [1.807, 2.05) is 13.8 Å². The van der Waals surface area contributed by atoms with E-state index in [-0.39, 0.29) is 19.3 Å². The highest BCUT2D eigenvalue weighted by atomic mass is 16.6. The van der Waals surface area contributed by atoms with E-state index >= 15 is 0 Å². The van der Waals surface area contributed by atoms with Crippen LogP contribution in [0.1, 0.15) is 118 Å². The van der Waals surface area contributed by atoms with Gasteiger partial charge in [0, 0.05) is 55.3 Å². The molecule has 0 unspecified atom stereocenters. The molecule has 10 heteroatoms. The number of aliphatic hydroxyl groups excluding tert-OH is 1. The minimum absolute atomic E-state index is 0.128. The molecule has 258 valence electrons. The van der Waals surface area contributed by atoms with Gasteiger partial charge in [0.2, 0.25) is 0 Å². The Morgan fingerprint density at radius 1 is 0.913 bits per heavy atom. The van der Waals surface area contributed by atoms with Gasteiger partial charge < -0.3 is 29.9 Å². The molecule has 4 rings (SSSR count). The zero-order valence-electron chi connectivity index (χ0n) is 28.2. The van der Waals surface area contributed by atoms with Gasteiger partial charge in [-0.05, 0) is 30.9 Å². The molecule has 4 aliphatic rings. The van der Waals surface area contributed by atoms with E-state index in [0.717, 1.165) is 57.8 Å². The number of fused-ring (bicyclic) bond motifs is 5. The van der Waals surface area contributed by atoms with Crippen molar-refractivity contribution in [3.8, 4) is 0 Å². The molecule has 0 heterocycles. The number of aliphatic hydroxyl groups is 3. The van der Waals surface area contributed by atoms with E-state index in [1.54, 1.807) is 26.0 Å². The van der Waals surface area contributed by atoms with Crippen molar-refractivity contribution in [2.45, 2.75) is 141 Å². The van der Waals surface area contributed by atoms with Gasteiger partial charge in [0.25, 0.3) is 0 Å². The number of rotatable bonds is 16. The summed E-state index contributed by atoms with van der Waals surface area (Å²) in [4.78, 5) is 49.7. The van der Waals surface area contributed by atoms with Crippen LogP contribution in [0.4, 0.5) is 0 Å². The molecule has 0 amide bonds. The summed E-state index contributed by atoms with van der Waals surface area (Å²) in [7, 11) is 0. The number of esters is 2. The molecule has 0 aromatic carbocycles. The van der Waals surface area contributed by atoms with Gasteiger partial charge >= 0.3 is 17.9 Å². The third kappa shape index (κ3) is 6.33. The van der Waals surface area contributed by atoms with Crippen LogP contribution >= 0.6 is 0 Å². The van der Waals surface area contributed by atoms with Crippen LogP contribution in [0.2, 0.25) is 0 Å². The SMILES string of the molecule is CC(=O)O[C@@H]1[C@@H](C)[C@@]2(O)[C@@H](C=C(CO)C[C@]3(O)C(=O)C(C)=C[C@@H]23)[C@@H]2C(C)(C)[C@]12OC(=O)CCCCCCCCCCCCC(=O)O. The second-order valence-electron chi connectivity index (χ2n) is 14.9. The summed E-state index contributed by atoms with van der Waals surface area (Å²) in [5.74, 6) is -5.23. The molecule has 0 aromatic rings. The average molecular weight is 647 g/mol. The number of ether oxygens (including phenoxy) is 2. The third-order valence-corrected chi connectivity index (χ3v) is 11.6. The minimum atomic E-state index is -1.95. The van der Waals surface area contributed by atoms with E-state index in [4.69, 9.17) is 14.6 Å². The second-order valence-corrected chi connectivity index (χ2v) is 14.9. The number of carbonyl (C=O) groups is 4. The van der Waals surface area contributed by atoms with Crippen molar-refractivity contribution in [2.24, 2.45) is 29.1 Å². The van der Waals surface area contributed by atoms with Gasteiger partial charge in [-0.1, -0.05) is 84.3 Å². The van der Waals surface area contributed by atoms with Crippen molar-refractivity contribution >= 4 is 23.7 Å². The Morgan fingerprint density at radius 3 is 1.98 bits per heavy atom. The molecule has 2 fully saturated rings. The maximum Gasteiger partial charge on any atom is 0.306 e. The highest BCUT2D eigenvalue weighted by Gasteiger charge is 2.87. The van der Waals surface area contributed by atoms with Crippen molar-refractivity contribution in [2.75, 3.05) is 6.61 Å². The van der Waals surface area contributed by atoms with Gasteiger partial charge in [0.1, 0.15) is 11.7 Å². The normalized spacial score (nSPS) is 35.6. The minimum Gasteiger partial charge on any atom is -0.481 e.